The van der Waals surface area contributed by atoms with Crippen LogP contribution in [0.5, 0.6) is 5.75 Å². The second kappa shape index (κ2) is 9.78. The standard InChI is InChI=1S/C20H22ClF3N2O4S/c1-4-30-16-8-5-14(6-9-16)13(2)25-19(27)12-26(31(3,28)29)18-11-15(20(22,23)24)7-10-17(18)21/h5-11,13H,4,12H2,1-3H3,(H,25,27)/t13-/m0/s1. The number of benzene rings is 2. The fourth-order valence-corrected chi connectivity index (χ4v) is 3.91. The van der Waals surface area contributed by atoms with Gasteiger partial charge in [-0.2, -0.15) is 13.2 Å². The second-order valence-corrected chi connectivity index (χ2v) is 9.04. The lowest BCUT2D eigenvalue weighted by atomic mass is 10.1. The summed E-state index contributed by atoms with van der Waals surface area (Å²) in [6, 6.07) is 8.74. The van der Waals surface area contributed by atoms with Crippen LogP contribution >= 0.6 is 11.6 Å². The molecule has 0 unspecified atom stereocenters. The number of halogens is 4. The summed E-state index contributed by atoms with van der Waals surface area (Å²) in [7, 11) is -4.11. The van der Waals surface area contributed by atoms with E-state index in [1.54, 1.807) is 31.2 Å². The molecule has 0 fully saturated rings. The quantitative estimate of drug-likeness (QED) is 0.610. The largest absolute Gasteiger partial charge is 0.494 e. The molecule has 0 aliphatic carbocycles. The van der Waals surface area contributed by atoms with Crippen LogP contribution in [0.25, 0.3) is 0 Å². The van der Waals surface area contributed by atoms with Crippen LogP contribution in [-0.4, -0.2) is 33.7 Å². The summed E-state index contributed by atoms with van der Waals surface area (Å²) in [4.78, 5) is 12.5. The molecular weight excluding hydrogens is 457 g/mol. The Bertz CT molecular complexity index is 1030. The molecular formula is C20H22ClF3N2O4S. The second-order valence-electron chi connectivity index (χ2n) is 6.72. The molecule has 0 bridgehead atoms. The molecule has 6 nitrogen and oxygen atoms in total. The van der Waals surface area contributed by atoms with Crippen LogP contribution in [0.3, 0.4) is 0 Å². The Balaban J connectivity index is 2.23. The molecule has 2 rings (SSSR count). The summed E-state index contributed by atoms with van der Waals surface area (Å²) in [5.41, 5.74) is -0.772. The highest BCUT2D eigenvalue weighted by molar-refractivity contribution is 7.92. The van der Waals surface area contributed by atoms with Crippen molar-refractivity contribution < 1.29 is 31.1 Å². The highest BCUT2D eigenvalue weighted by Gasteiger charge is 2.33. The van der Waals surface area contributed by atoms with Crippen molar-refractivity contribution in [1.29, 1.82) is 0 Å². The van der Waals surface area contributed by atoms with Crippen molar-refractivity contribution >= 4 is 33.2 Å². The molecule has 0 saturated heterocycles. The molecule has 0 heterocycles. The third-order valence-corrected chi connectivity index (χ3v) is 5.74. The van der Waals surface area contributed by atoms with Crippen LogP contribution in [0.2, 0.25) is 5.02 Å². The topological polar surface area (TPSA) is 75.7 Å². The fourth-order valence-electron chi connectivity index (χ4n) is 2.78. The zero-order valence-electron chi connectivity index (χ0n) is 17.0. The van der Waals surface area contributed by atoms with Crippen LogP contribution in [0.15, 0.2) is 42.5 Å². The van der Waals surface area contributed by atoms with Gasteiger partial charge in [0.1, 0.15) is 12.3 Å². The first-order valence-electron chi connectivity index (χ1n) is 9.19. The van der Waals surface area contributed by atoms with E-state index in [2.05, 4.69) is 5.32 Å². The molecule has 11 heteroatoms. The number of anilines is 1. The maximum Gasteiger partial charge on any atom is 0.416 e. The number of ether oxygens (including phenoxy) is 1. The number of amides is 1. The van der Waals surface area contributed by atoms with Gasteiger partial charge in [-0.3, -0.25) is 9.10 Å². The minimum atomic E-state index is -4.70. The van der Waals surface area contributed by atoms with E-state index in [9.17, 15) is 26.4 Å². The monoisotopic (exact) mass is 478 g/mol. The summed E-state index contributed by atoms with van der Waals surface area (Å²) in [6.45, 7) is 3.31. The van der Waals surface area contributed by atoms with Gasteiger partial charge in [0.15, 0.2) is 0 Å². The number of carbonyl (C=O) groups excluding carboxylic acids is 1. The molecule has 0 saturated carbocycles. The molecule has 2 aromatic rings. The molecule has 0 aliphatic heterocycles. The molecule has 0 radical (unpaired) electrons. The number of hydrogen-bond acceptors (Lipinski definition) is 4. The predicted molar refractivity (Wildman–Crippen MR) is 113 cm³/mol. The number of hydrogen-bond donors (Lipinski definition) is 1. The lowest BCUT2D eigenvalue weighted by molar-refractivity contribution is -0.137. The van der Waals surface area contributed by atoms with Gasteiger partial charge in [-0.1, -0.05) is 23.7 Å². The van der Waals surface area contributed by atoms with Gasteiger partial charge < -0.3 is 10.1 Å². The highest BCUT2D eigenvalue weighted by atomic mass is 35.5. The molecule has 170 valence electrons. The molecule has 2 aromatic carbocycles. The van der Waals surface area contributed by atoms with Crippen molar-refractivity contribution in [3.8, 4) is 5.75 Å². The maximum absolute atomic E-state index is 13.1. The number of nitrogens with one attached hydrogen (secondary N) is 1. The van der Waals surface area contributed by atoms with Crippen LogP contribution in [-0.2, 0) is 21.0 Å². The molecule has 0 aromatic heterocycles. The van der Waals surface area contributed by atoms with E-state index < -0.39 is 45.9 Å². The highest BCUT2D eigenvalue weighted by Crippen LogP contribution is 2.36. The summed E-state index contributed by atoms with van der Waals surface area (Å²) in [5.74, 6) is -0.0486. The van der Waals surface area contributed by atoms with Crippen LogP contribution in [0, 0.1) is 0 Å². The summed E-state index contributed by atoms with van der Waals surface area (Å²) >= 11 is 5.96. The normalized spacial score (nSPS) is 12.9. The first kappa shape index (κ1) is 24.8. The number of carbonyl (C=O) groups is 1. The van der Waals surface area contributed by atoms with Gasteiger partial charge in [-0.25, -0.2) is 8.42 Å². The van der Waals surface area contributed by atoms with Crippen molar-refractivity contribution in [3.05, 3.63) is 58.6 Å². The fraction of sp³-hybridized carbons (Fsp3) is 0.350. The number of nitrogens with zero attached hydrogens (tertiary/aromatic N) is 1. The van der Waals surface area contributed by atoms with Crippen molar-refractivity contribution in [2.24, 2.45) is 0 Å². The van der Waals surface area contributed by atoms with Gasteiger partial charge in [0.05, 0.1) is 35.2 Å². The van der Waals surface area contributed by atoms with Gasteiger partial charge in [0.25, 0.3) is 0 Å². The molecule has 1 atom stereocenters. The van der Waals surface area contributed by atoms with E-state index in [0.717, 1.165) is 24.0 Å². The van der Waals surface area contributed by atoms with Gasteiger partial charge in [0.2, 0.25) is 15.9 Å². The zero-order valence-corrected chi connectivity index (χ0v) is 18.6. The number of sulfonamides is 1. The average Bonchev–Trinajstić information content (AvgIpc) is 2.66. The Hall–Kier alpha value is -2.46. The van der Waals surface area contributed by atoms with Crippen molar-refractivity contribution in [2.75, 3.05) is 23.7 Å². The van der Waals surface area contributed by atoms with Gasteiger partial charge in [-0.15, -0.1) is 0 Å². The molecule has 0 spiro atoms. The smallest absolute Gasteiger partial charge is 0.416 e. The van der Waals surface area contributed by atoms with Crippen LogP contribution in [0.4, 0.5) is 18.9 Å². The Kier molecular flexibility index (Phi) is 7.82. The summed E-state index contributed by atoms with van der Waals surface area (Å²) < 4.78 is 69.5. The van der Waals surface area contributed by atoms with Crippen molar-refractivity contribution in [1.82, 2.24) is 5.32 Å². The Morgan fingerprint density at radius 1 is 1.19 bits per heavy atom. The molecule has 1 N–H and O–H groups in total. The van der Waals surface area contributed by atoms with Gasteiger partial charge >= 0.3 is 6.18 Å². The average molecular weight is 479 g/mol. The van der Waals surface area contributed by atoms with E-state index in [1.165, 1.54) is 0 Å². The lowest BCUT2D eigenvalue weighted by Gasteiger charge is -2.25. The Morgan fingerprint density at radius 2 is 1.81 bits per heavy atom. The zero-order chi connectivity index (χ0) is 23.4. The van der Waals surface area contributed by atoms with Gasteiger partial charge in [0, 0.05) is 0 Å². The number of rotatable bonds is 8. The van der Waals surface area contributed by atoms with E-state index in [0.29, 0.717) is 22.7 Å². The van der Waals surface area contributed by atoms with Crippen LogP contribution < -0.4 is 14.4 Å². The molecule has 0 aliphatic rings. The molecule has 31 heavy (non-hydrogen) atoms. The van der Waals surface area contributed by atoms with E-state index in [-0.39, 0.29) is 5.02 Å². The molecule has 1 amide bonds. The number of alkyl halides is 3. The lowest BCUT2D eigenvalue weighted by Crippen LogP contribution is -2.41. The van der Waals surface area contributed by atoms with Crippen molar-refractivity contribution in [2.45, 2.75) is 26.1 Å². The summed E-state index contributed by atoms with van der Waals surface area (Å²) in [6.07, 6.45) is -3.92. The van der Waals surface area contributed by atoms with Crippen molar-refractivity contribution in [3.63, 3.8) is 0 Å². The third kappa shape index (κ3) is 6.76. The summed E-state index contributed by atoms with van der Waals surface area (Å²) in [5, 5.41) is 2.40. The minimum Gasteiger partial charge on any atom is -0.494 e. The minimum absolute atomic E-state index is 0.231. The van der Waals surface area contributed by atoms with Gasteiger partial charge in [-0.05, 0) is 49.7 Å². The SMILES string of the molecule is CCOc1ccc([C@H](C)NC(=O)CN(c2cc(C(F)(F)F)ccc2Cl)S(C)(=O)=O)cc1. The van der Waals surface area contributed by atoms with E-state index in [1.807, 2.05) is 6.92 Å². The van der Waals surface area contributed by atoms with E-state index >= 15 is 0 Å². The third-order valence-electron chi connectivity index (χ3n) is 4.30. The first-order chi connectivity index (χ1) is 14.3. The Morgan fingerprint density at radius 3 is 2.32 bits per heavy atom. The predicted octanol–water partition coefficient (Wildman–Crippen LogP) is 4.40. The Labute approximate surface area is 184 Å². The maximum atomic E-state index is 13.1. The first-order valence-corrected chi connectivity index (χ1v) is 11.4. The van der Waals surface area contributed by atoms with E-state index in [4.69, 9.17) is 16.3 Å². The van der Waals surface area contributed by atoms with Crippen LogP contribution in [0.1, 0.15) is 31.0 Å².